The van der Waals surface area contributed by atoms with E-state index in [0.29, 0.717) is 17.4 Å². The molecule has 0 heterocycles. The number of carbonyl (C=O) groups is 1. The molecule has 1 aromatic carbocycles. The Labute approximate surface area is 150 Å². The Morgan fingerprint density at radius 3 is 2.48 bits per heavy atom. The van der Waals surface area contributed by atoms with Crippen molar-refractivity contribution in [2.45, 2.75) is 63.4 Å². The van der Waals surface area contributed by atoms with E-state index in [1.54, 1.807) is 24.3 Å². The SMILES string of the molecule is CC(C)(C)NS(=O)(=O)c1ccccc1CNC(=O)C1CC2CCC1C2. The van der Waals surface area contributed by atoms with Gasteiger partial charge in [0.25, 0.3) is 0 Å². The molecule has 6 heteroatoms. The largest absolute Gasteiger partial charge is 0.352 e. The van der Waals surface area contributed by atoms with E-state index < -0.39 is 15.6 Å². The topological polar surface area (TPSA) is 75.3 Å². The number of rotatable bonds is 5. The van der Waals surface area contributed by atoms with Crippen molar-refractivity contribution in [1.82, 2.24) is 10.0 Å². The summed E-state index contributed by atoms with van der Waals surface area (Å²) in [6.07, 6.45) is 4.58. The van der Waals surface area contributed by atoms with Gasteiger partial charge in [-0.15, -0.1) is 0 Å². The first kappa shape index (κ1) is 18.4. The Bertz CT molecular complexity index is 752. The van der Waals surface area contributed by atoms with Crippen LogP contribution in [0.2, 0.25) is 0 Å². The summed E-state index contributed by atoms with van der Waals surface area (Å²) in [5.41, 5.74) is 0.0638. The maximum Gasteiger partial charge on any atom is 0.241 e. The van der Waals surface area contributed by atoms with Crippen molar-refractivity contribution in [3.8, 4) is 0 Å². The van der Waals surface area contributed by atoms with Crippen LogP contribution in [-0.2, 0) is 21.4 Å². The Kier molecular flexibility index (Phi) is 4.95. The van der Waals surface area contributed by atoms with E-state index in [1.807, 2.05) is 20.8 Å². The van der Waals surface area contributed by atoms with E-state index in [-0.39, 0.29) is 23.3 Å². The van der Waals surface area contributed by atoms with Gasteiger partial charge in [0.05, 0.1) is 4.90 Å². The van der Waals surface area contributed by atoms with Gasteiger partial charge < -0.3 is 5.32 Å². The summed E-state index contributed by atoms with van der Waals surface area (Å²) >= 11 is 0. The molecule has 3 atom stereocenters. The minimum atomic E-state index is -3.63. The molecule has 2 aliphatic rings. The van der Waals surface area contributed by atoms with Crippen LogP contribution in [0.25, 0.3) is 0 Å². The van der Waals surface area contributed by atoms with Gasteiger partial charge in [-0.3, -0.25) is 4.79 Å². The highest BCUT2D eigenvalue weighted by Crippen LogP contribution is 2.48. The van der Waals surface area contributed by atoms with Crippen molar-refractivity contribution in [2.24, 2.45) is 17.8 Å². The highest BCUT2D eigenvalue weighted by atomic mass is 32.2. The molecule has 0 aromatic heterocycles. The summed E-state index contributed by atoms with van der Waals surface area (Å²) in [4.78, 5) is 12.8. The molecule has 2 bridgehead atoms. The Hall–Kier alpha value is -1.40. The van der Waals surface area contributed by atoms with E-state index in [4.69, 9.17) is 0 Å². The number of carbonyl (C=O) groups excluding carboxylic acids is 1. The predicted octanol–water partition coefficient (Wildman–Crippen LogP) is 2.82. The van der Waals surface area contributed by atoms with Crippen LogP contribution >= 0.6 is 0 Å². The number of hydrogen-bond donors (Lipinski definition) is 2. The zero-order valence-corrected chi connectivity index (χ0v) is 16.0. The van der Waals surface area contributed by atoms with Crippen molar-refractivity contribution < 1.29 is 13.2 Å². The summed E-state index contributed by atoms with van der Waals surface area (Å²) in [7, 11) is -3.63. The smallest absolute Gasteiger partial charge is 0.241 e. The molecule has 138 valence electrons. The summed E-state index contributed by atoms with van der Waals surface area (Å²) in [6.45, 7) is 5.67. The number of sulfonamides is 1. The minimum Gasteiger partial charge on any atom is -0.352 e. The summed E-state index contributed by atoms with van der Waals surface area (Å²) in [5, 5.41) is 2.97. The fourth-order valence-corrected chi connectivity index (χ4v) is 5.91. The van der Waals surface area contributed by atoms with Gasteiger partial charge in [-0.1, -0.05) is 24.6 Å². The molecule has 3 rings (SSSR count). The lowest BCUT2D eigenvalue weighted by Gasteiger charge is -2.23. The summed E-state index contributed by atoms with van der Waals surface area (Å²) in [6, 6.07) is 6.86. The highest BCUT2D eigenvalue weighted by Gasteiger charge is 2.42. The van der Waals surface area contributed by atoms with Gasteiger partial charge in [-0.05, 0) is 63.5 Å². The lowest BCUT2D eigenvalue weighted by molar-refractivity contribution is -0.126. The van der Waals surface area contributed by atoms with Crippen molar-refractivity contribution in [2.75, 3.05) is 0 Å². The van der Waals surface area contributed by atoms with Gasteiger partial charge in [-0.25, -0.2) is 13.1 Å². The van der Waals surface area contributed by atoms with E-state index >= 15 is 0 Å². The fraction of sp³-hybridized carbons (Fsp3) is 0.632. The Morgan fingerprint density at radius 1 is 1.16 bits per heavy atom. The number of amides is 1. The van der Waals surface area contributed by atoms with Gasteiger partial charge in [0.1, 0.15) is 0 Å². The van der Waals surface area contributed by atoms with Crippen LogP contribution < -0.4 is 10.0 Å². The first-order valence-electron chi connectivity index (χ1n) is 9.05. The molecule has 0 spiro atoms. The summed E-state index contributed by atoms with van der Waals surface area (Å²) in [5.74, 6) is 1.41. The molecule has 0 radical (unpaired) electrons. The van der Waals surface area contributed by atoms with E-state index in [2.05, 4.69) is 10.0 Å². The van der Waals surface area contributed by atoms with Crippen molar-refractivity contribution in [3.63, 3.8) is 0 Å². The lowest BCUT2D eigenvalue weighted by atomic mass is 9.88. The molecule has 0 aliphatic heterocycles. The number of hydrogen-bond acceptors (Lipinski definition) is 3. The molecule has 1 aromatic rings. The van der Waals surface area contributed by atoms with Gasteiger partial charge in [0.2, 0.25) is 15.9 Å². The molecule has 2 aliphatic carbocycles. The molecule has 25 heavy (non-hydrogen) atoms. The first-order chi connectivity index (χ1) is 11.7. The molecule has 1 amide bonds. The van der Waals surface area contributed by atoms with E-state index in [9.17, 15) is 13.2 Å². The van der Waals surface area contributed by atoms with Gasteiger partial charge in [-0.2, -0.15) is 0 Å². The second-order valence-corrected chi connectivity index (χ2v) is 10.1. The van der Waals surface area contributed by atoms with Gasteiger partial charge >= 0.3 is 0 Å². The van der Waals surface area contributed by atoms with Crippen LogP contribution in [0, 0.1) is 17.8 Å². The first-order valence-corrected chi connectivity index (χ1v) is 10.5. The molecular formula is C19H28N2O3S. The van der Waals surface area contributed by atoms with Crippen LogP contribution in [0.15, 0.2) is 29.2 Å². The molecule has 3 unspecified atom stereocenters. The molecule has 2 fully saturated rings. The number of benzene rings is 1. The van der Waals surface area contributed by atoms with Crippen LogP contribution in [0.4, 0.5) is 0 Å². The monoisotopic (exact) mass is 364 g/mol. The third kappa shape index (κ3) is 4.23. The zero-order chi connectivity index (χ0) is 18.2. The van der Waals surface area contributed by atoms with Gasteiger partial charge in [0.15, 0.2) is 0 Å². The maximum absolute atomic E-state index is 12.6. The lowest BCUT2D eigenvalue weighted by Crippen LogP contribution is -2.41. The quantitative estimate of drug-likeness (QED) is 0.843. The average molecular weight is 365 g/mol. The molecule has 5 nitrogen and oxygen atoms in total. The van der Waals surface area contributed by atoms with Crippen LogP contribution in [0.3, 0.4) is 0 Å². The third-order valence-electron chi connectivity index (χ3n) is 5.23. The second-order valence-electron chi connectivity index (χ2n) is 8.46. The van der Waals surface area contributed by atoms with E-state index in [0.717, 1.165) is 12.8 Å². The Balaban J connectivity index is 1.70. The van der Waals surface area contributed by atoms with Crippen molar-refractivity contribution in [3.05, 3.63) is 29.8 Å². The number of nitrogens with one attached hydrogen (secondary N) is 2. The Morgan fingerprint density at radius 2 is 1.88 bits per heavy atom. The number of fused-ring (bicyclic) bond motifs is 2. The average Bonchev–Trinajstić information content (AvgIpc) is 3.13. The van der Waals surface area contributed by atoms with E-state index in [1.165, 1.54) is 12.8 Å². The maximum atomic E-state index is 12.6. The fourth-order valence-electron chi connectivity index (χ4n) is 4.25. The highest BCUT2D eigenvalue weighted by molar-refractivity contribution is 7.89. The van der Waals surface area contributed by atoms with Crippen molar-refractivity contribution in [1.29, 1.82) is 0 Å². The second kappa shape index (κ2) is 6.72. The predicted molar refractivity (Wildman–Crippen MR) is 97.3 cm³/mol. The van der Waals surface area contributed by atoms with Gasteiger partial charge in [0, 0.05) is 18.0 Å². The molecular weight excluding hydrogens is 336 g/mol. The molecule has 0 saturated heterocycles. The minimum absolute atomic E-state index is 0.0724. The van der Waals surface area contributed by atoms with Crippen LogP contribution in [0.1, 0.15) is 52.0 Å². The molecule has 2 saturated carbocycles. The van der Waals surface area contributed by atoms with Crippen molar-refractivity contribution >= 4 is 15.9 Å². The standard InChI is InChI=1S/C19H28N2O3S/c1-19(2,3)21-25(23,24)17-7-5-4-6-15(17)12-20-18(22)16-11-13-8-9-14(16)10-13/h4-7,13-14,16,21H,8-12H2,1-3H3,(H,20,22). The third-order valence-corrected chi connectivity index (χ3v) is 7.09. The molecule has 2 N–H and O–H groups in total. The van der Waals surface area contributed by atoms with Crippen LogP contribution in [-0.4, -0.2) is 19.9 Å². The van der Waals surface area contributed by atoms with Crippen LogP contribution in [0.5, 0.6) is 0 Å². The summed E-state index contributed by atoms with van der Waals surface area (Å²) < 4.78 is 28.0. The normalized spacial score (nSPS) is 26.0. The zero-order valence-electron chi connectivity index (χ0n) is 15.2.